The van der Waals surface area contributed by atoms with Crippen molar-refractivity contribution in [3.8, 4) is 5.75 Å². The Labute approximate surface area is 646 Å². The molecule has 14 N–H and O–H groups in total. The van der Waals surface area contributed by atoms with E-state index in [0.717, 1.165) is 41.2 Å². The molecule has 0 aliphatic carbocycles. The number of anilines is 2. The zero-order valence-electron chi connectivity index (χ0n) is 60.3. The van der Waals surface area contributed by atoms with Crippen molar-refractivity contribution in [1.82, 2.24) is 25.3 Å². The van der Waals surface area contributed by atoms with Crippen LogP contribution in [-0.2, 0) is 87.6 Å². The summed E-state index contributed by atoms with van der Waals surface area (Å²) >= 11 is 4.77. The zero-order valence-corrected chi connectivity index (χ0v) is 63.5. The van der Waals surface area contributed by atoms with E-state index in [1.165, 1.54) is 75.0 Å². The van der Waals surface area contributed by atoms with E-state index in [1.807, 2.05) is 0 Å². The third-order valence-electron chi connectivity index (χ3n) is 16.3. The van der Waals surface area contributed by atoms with Crippen LogP contribution in [0.2, 0.25) is 11.6 Å². The van der Waals surface area contributed by atoms with Crippen molar-refractivity contribution in [1.29, 1.82) is 0 Å². The second-order valence-corrected chi connectivity index (χ2v) is 29.4. The van der Waals surface area contributed by atoms with Crippen LogP contribution in [0.15, 0.2) is 109 Å². The number of ketones is 6. The average molecular weight is 1600 g/mol. The van der Waals surface area contributed by atoms with Crippen LogP contribution >= 0.6 is 45.3 Å². The van der Waals surface area contributed by atoms with Gasteiger partial charge in [-0.3, -0.25) is 47.9 Å². The molecule has 2 saturated heterocycles. The Bertz CT molecular complexity index is 4270. The second kappa shape index (κ2) is 43.6. The first kappa shape index (κ1) is 89.2. The number of nitrogens with two attached hydrogens (primary N) is 2. The smallest absolute Gasteiger partial charge is 0.478 e. The third-order valence-corrected chi connectivity index (χ3v) is 19.4. The fraction of sp³-hybridized carbons (Fsp3) is 0.424. The Kier molecular flexibility index (Phi) is 35.4. The lowest BCUT2D eigenvalue weighted by Gasteiger charge is -2.30. The lowest BCUT2D eigenvalue weighted by Crippen LogP contribution is -2.50. The molecule has 2 fully saturated rings. The summed E-state index contributed by atoms with van der Waals surface area (Å²) in [5, 5.41) is 101. The predicted molar refractivity (Wildman–Crippen MR) is 405 cm³/mol. The SMILES string of the molecule is CC(=O)CC1CC[C@H](CC(=O)/C(=N/OCc2cc(=O)c(O)cn2O)c2csc(N)n2)B(O)O1.CC(=O)C[C@@H]1CC[C@H](CC(=O)/C(=N/OC(C)(C)C(=O)O)c2csc(N)n2)B(O)O1.CC(=O)C[C@H]1C=CC[C@H](NC(=O)/C(=C/OC=O)c2cccs2)B(O)O1.CC(=O)C[C@H]1C=CC[C@H](NC(=O)/C(=N/O)c2cccs2)B(O)O1. The van der Waals surface area contributed by atoms with Crippen LogP contribution in [0.5, 0.6) is 5.75 Å². The molecule has 5 aromatic heterocycles. The van der Waals surface area contributed by atoms with Crippen LogP contribution in [-0.4, -0.2) is 202 Å². The first-order valence-electron chi connectivity index (χ1n) is 33.8. The number of nitrogen functional groups attached to an aromatic ring is 2. The van der Waals surface area contributed by atoms with Crippen molar-refractivity contribution in [3.63, 3.8) is 0 Å². The number of amides is 2. The highest BCUT2D eigenvalue weighted by Gasteiger charge is 2.41. The number of carboxylic acids is 1. The lowest BCUT2D eigenvalue weighted by molar-refractivity contribution is -0.161. The van der Waals surface area contributed by atoms with Gasteiger partial charge in [-0.25, -0.2) is 14.8 Å². The molecule has 588 valence electrons. The number of nitrogens with one attached hydrogen (secondary N) is 2. The molecule has 9 rings (SSSR count). The molecule has 110 heavy (non-hydrogen) atoms. The van der Waals surface area contributed by atoms with Crippen molar-refractivity contribution in [2.75, 3.05) is 11.5 Å². The molecule has 5 aromatic rings. The lowest BCUT2D eigenvalue weighted by atomic mass is 9.64. The van der Waals surface area contributed by atoms with Crippen molar-refractivity contribution in [3.05, 3.63) is 126 Å². The number of ether oxygens (including phenoxy) is 1. The van der Waals surface area contributed by atoms with Gasteiger partial charge >= 0.3 is 34.4 Å². The number of hydrogen-bond acceptors (Lipinski definition) is 36. The number of pyridine rings is 1. The molecular weight excluding hydrogens is 1520 g/mol. The van der Waals surface area contributed by atoms with Crippen molar-refractivity contribution >= 4 is 166 Å². The predicted octanol–water partition coefficient (Wildman–Crippen LogP) is 3.84. The quantitative estimate of drug-likeness (QED) is 0.00357. The number of aliphatic carboxylic acids is 1. The molecule has 4 aliphatic heterocycles. The number of carbonyl (C=O) groups excluding carboxylic acids is 9. The average Bonchev–Trinajstić information content (AvgIpc) is 1.14. The van der Waals surface area contributed by atoms with Gasteiger partial charge in [0.05, 0.1) is 40.7 Å². The first-order valence-corrected chi connectivity index (χ1v) is 37.4. The molecule has 44 heteroatoms. The number of nitrogens with zero attached hydrogens (tertiary/aromatic N) is 6. The zero-order chi connectivity index (χ0) is 80.9. The van der Waals surface area contributed by atoms with Gasteiger partial charge in [0, 0.05) is 84.1 Å². The van der Waals surface area contributed by atoms with Gasteiger partial charge in [0.1, 0.15) is 46.5 Å². The van der Waals surface area contributed by atoms with E-state index in [-0.39, 0.29) is 137 Å². The maximum Gasteiger partial charge on any atom is 0.478 e. The van der Waals surface area contributed by atoms with Gasteiger partial charge in [0.25, 0.3) is 18.3 Å². The Morgan fingerprint density at radius 1 is 0.664 bits per heavy atom. The molecule has 0 saturated carbocycles. The standard InChI is InChI=1S/C19H23BN4O8S.C17H24BN3O7S.C16H18BNO6S.C14H17BN2O5S/c1-10(25)4-13-3-2-11(20(29)32-13)5-16(27)18(14-9-33-19(21)22-14)23-31-8-12-6-15(26)17(28)7-24(12)30;1-9(22)6-11-5-4-10(18(26)27-11)7-13(23)14(12-8-29-16(19)20-12)21-28-17(2,3)15(24)25;1-11(20)8-12-4-2-6-15(17(22)24-12)18-16(21)13(9-23-10-19)14-5-3-7-25-14;1-9(18)8-10-4-2-6-12(15(20)22-10)16-14(19)13(17-21)11-5-3-7-23-11/h6-7,9,11,13,28-30H,2-5,8H2,1H3,(H2,21,22);8,10-11,26H,4-7H2,1-3H3,(H2,19,20)(H,24,25);2-5,7,9-10,12,15,22H,6,8H2,1H3,(H,18,21);2-5,7,10,12,20-21H,6,8H2,1H3,(H,16,19)/b23-18+;21-14+;13-9+;17-13+/t11-,13?;10-,11+;12-,15+;10-,12+/m1111/s1. The molecule has 0 spiro atoms. The molecule has 36 nitrogen and oxygen atoms in total. The van der Waals surface area contributed by atoms with E-state index in [2.05, 4.69) is 40.8 Å². The number of aromatic nitrogens is 3. The molecular formula is C66H82B4N10O26S4. The monoisotopic (exact) mass is 1600 g/mol. The van der Waals surface area contributed by atoms with E-state index in [0.29, 0.717) is 53.0 Å². The molecule has 4 aliphatic rings. The van der Waals surface area contributed by atoms with Crippen molar-refractivity contribution < 1.29 is 122 Å². The molecule has 8 atom stereocenters. The van der Waals surface area contributed by atoms with Crippen molar-refractivity contribution in [2.45, 2.75) is 179 Å². The maximum atomic E-state index is 13.0. The fourth-order valence-corrected chi connectivity index (χ4v) is 13.2. The minimum absolute atomic E-state index is 0.0150. The topological polar surface area (TPSA) is 558 Å². The van der Waals surface area contributed by atoms with Crippen LogP contribution in [0.1, 0.15) is 145 Å². The molecule has 0 radical (unpaired) electrons. The second-order valence-electron chi connectivity index (χ2n) is 25.7. The summed E-state index contributed by atoms with van der Waals surface area (Å²) in [5.41, 5.74) is 8.97. The maximum absolute atomic E-state index is 13.0. The Hall–Kier alpha value is -9.72. The number of Topliss-reactive ketones (excluding diaryl/α,β-unsaturated/α-hetero) is 6. The highest BCUT2D eigenvalue weighted by Crippen LogP contribution is 2.34. The van der Waals surface area contributed by atoms with Crippen LogP contribution in [0.4, 0.5) is 10.3 Å². The number of hydrogen-bond donors (Lipinski definition) is 12. The molecule has 9 heterocycles. The van der Waals surface area contributed by atoms with E-state index >= 15 is 0 Å². The summed E-state index contributed by atoms with van der Waals surface area (Å²) in [6.45, 7) is 8.21. The van der Waals surface area contributed by atoms with Crippen LogP contribution in [0.25, 0.3) is 5.57 Å². The van der Waals surface area contributed by atoms with Crippen LogP contribution in [0.3, 0.4) is 0 Å². The fourth-order valence-electron chi connectivity index (χ4n) is 10.7. The van der Waals surface area contributed by atoms with E-state index in [4.69, 9.17) is 50.1 Å². The van der Waals surface area contributed by atoms with E-state index in [9.17, 15) is 83.1 Å². The van der Waals surface area contributed by atoms with Gasteiger partial charge in [-0.05, 0) is 103 Å². The summed E-state index contributed by atoms with van der Waals surface area (Å²) in [4.78, 5) is 148. The number of thiophene rings is 2. The number of rotatable bonds is 30. The number of thiazole rings is 2. The summed E-state index contributed by atoms with van der Waals surface area (Å²) in [7, 11) is -4.94. The van der Waals surface area contributed by atoms with Gasteiger partial charge < -0.3 is 95.9 Å². The molecule has 1 unspecified atom stereocenters. The van der Waals surface area contributed by atoms with Crippen molar-refractivity contribution in [2.24, 2.45) is 15.5 Å². The summed E-state index contributed by atoms with van der Waals surface area (Å²) in [6, 6.07) is 7.83. The van der Waals surface area contributed by atoms with Gasteiger partial charge in [-0.1, -0.05) is 51.9 Å². The first-order chi connectivity index (χ1) is 52.1. The number of carbonyl (C=O) groups is 10. The van der Waals surface area contributed by atoms with E-state index in [1.54, 1.807) is 59.3 Å². The van der Waals surface area contributed by atoms with Gasteiger partial charge in [-0.2, -0.15) is 4.73 Å². The van der Waals surface area contributed by atoms with Gasteiger partial charge in [0.2, 0.25) is 11.0 Å². The number of oxime groups is 3. The molecule has 0 aromatic carbocycles. The van der Waals surface area contributed by atoms with E-state index < -0.39 is 110 Å². The highest BCUT2D eigenvalue weighted by atomic mass is 32.1. The van der Waals surface area contributed by atoms with Crippen LogP contribution in [0, 0.1) is 0 Å². The number of aromatic hydroxyl groups is 1. The third kappa shape index (κ3) is 28.6. The Morgan fingerprint density at radius 3 is 1.55 bits per heavy atom. The Morgan fingerprint density at radius 2 is 1.14 bits per heavy atom. The van der Waals surface area contributed by atoms with Crippen LogP contribution < -0.4 is 27.5 Å². The minimum Gasteiger partial charge on any atom is -0.503 e. The van der Waals surface area contributed by atoms with Gasteiger partial charge in [-0.15, -0.1) is 45.3 Å². The minimum atomic E-state index is -1.65. The molecule has 0 bridgehead atoms. The normalized spacial score (nSPS) is 20.3. The summed E-state index contributed by atoms with van der Waals surface area (Å²) in [5.74, 6) is -6.58. The number of carboxylic acid groups (broad SMARTS) is 1. The summed E-state index contributed by atoms with van der Waals surface area (Å²) < 4.78 is 26.8. The largest absolute Gasteiger partial charge is 0.503 e. The Balaban J connectivity index is 0.000000231. The highest BCUT2D eigenvalue weighted by molar-refractivity contribution is 7.14. The summed E-state index contributed by atoms with van der Waals surface area (Å²) in [6.07, 6.45) is 10.1. The molecule has 2 amide bonds. The van der Waals surface area contributed by atoms with Gasteiger partial charge in [0.15, 0.2) is 51.3 Å².